The molecule has 4 rings (SSSR count). The molecule has 204 valence electrons. The lowest BCUT2D eigenvalue weighted by atomic mass is 10.0. The van der Waals surface area contributed by atoms with Crippen LogP contribution in [0.25, 0.3) is 11.6 Å². The molecule has 3 aromatic carbocycles. The van der Waals surface area contributed by atoms with E-state index in [1.54, 1.807) is 43.4 Å². The van der Waals surface area contributed by atoms with Crippen LogP contribution in [0.5, 0.6) is 23.0 Å². The predicted molar refractivity (Wildman–Crippen MR) is 142 cm³/mol. The lowest BCUT2D eigenvalue weighted by Gasteiger charge is -2.26. The van der Waals surface area contributed by atoms with Gasteiger partial charge in [-0.1, -0.05) is 30.4 Å². The molecule has 0 atom stereocenters. The maximum atomic E-state index is 13.0. The van der Waals surface area contributed by atoms with E-state index in [4.69, 9.17) is 18.9 Å². The topological polar surface area (TPSA) is 57.2 Å². The van der Waals surface area contributed by atoms with E-state index in [0.717, 1.165) is 23.3 Å². The van der Waals surface area contributed by atoms with Crippen molar-refractivity contribution in [3.05, 3.63) is 95.6 Å². The Hall–Kier alpha value is -4.24. The van der Waals surface area contributed by atoms with Crippen LogP contribution in [0.2, 0.25) is 0 Å². The van der Waals surface area contributed by atoms with Crippen LogP contribution < -0.4 is 14.2 Å². The Morgan fingerprint density at radius 1 is 0.872 bits per heavy atom. The summed E-state index contributed by atoms with van der Waals surface area (Å²) in [7, 11) is 3.11. The van der Waals surface area contributed by atoms with Gasteiger partial charge in [-0.3, -0.25) is 4.79 Å². The molecule has 1 amide bonds. The van der Waals surface area contributed by atoms with E-state index in [0.29, 0.717) is 54.9 Å². The van der Waals surface area contributed by atoms with Crippen LogP contribution >= 0.6 is 0 Å². The average molecular weight is 540 g/mol. The van der Waals surface area contributed by atoms with Crippen molar-refractivity contribution in [1.29, 1.82) is 0 Å². The first-order chi connectivity index (χ1) is 18.8. The molecule has 0 aromatic heterocycles. The van der Waals surface area contributed by atoms with E-state index in [-0.39, 0.29) is 5.91 Å². The quantitative estimate of drug-likeness (QED) is 0.243. The van der Waals surface area contributed by atoms with Crippen molar-refractivity contribution in [3.63, 3.8) is 0 Å². The van der Waals surface area contributed by atoms with Crippen molar-refractivity contribution in [2.75, 3.05) is 40.5 Å². The third kappa shape index (κ3) is 7.42. The fourth-order valence-corrected chi connectivity index (χ4v) is 3.93. The molecule has 0 spiro atoms. The average Bonchev–Trinajstić information content (AvgIpc) is 2.95. The second-order valence-corrected chi connectivity index (χ2v) is 8.63. The van der Waals surface area contributed by atoms with Crippen molar-refractivity contribution in [2.24, 2.45) is 0 Å². The van der Waals surface area contributed by atoms with E-state index >= 15 is 0 Å². The SMILES string of the molecule is COc1ccc(C(=C\C(=O)N2CCOCC2)/C=C/c2ccc(Oc3ccc(C(F)(F)F)cc3)cc2)cc1OC. The number of hydrogen-bond donors (Lipinski definition) is 0. The van der Waals surface area contributed by atoms with E-state index in [9.17, 15) is 18.0 Å². The molecule has 0 radical (unpaired) electrons. The summed E-state index contributed by atoms with van der Waals surface area (Å²) in [5, 5.41) is 0. The van der Waals surface area contributed by atoms with Crippen LogP contribution in [0.15, 0.2) is 78.9 Å². The van der Waals surface area contributed by atoms with E-state index in [1.165, 1.54) is 12.1 Å². The van der Waals surface area contributed by atoms with Gasteiger partial charge in [-0.2, -0.15) is 13.2 Å². The highest BCUT2D eigenvalue weighted by molar-refractivity contribution is 5.98. The summed E-state index contributed by atoms with van der Waals surface area (Å²) in [6, 6.07) is 17.0. The Kier molecular flexibility index (Phi) is 8.93. The Morgan fingerprint density at radius 2 is 1.49 bits per heavy atom. The molecule has 0 aliphatic carbocycles. The molecular formula is C30H28F3NO5. The Balaban J connectivity index is 1.54. The van der Waals surface area contributed by atoms with Crippen LogP contribution in [-0.4, -0.2) is 51.3 Å². The van der Waals surface area contributed by atoms with Gasteiger partial charge in [0.25, 0.3) is 0 Å². The molecule has 1 saturated heterocycles. The minimum atomic E-state index is -4.40. The van der Waals surface area contributed by atoms with Gasteiger partial charge in [-0.25, -0.2) is 0 Å². The molecule has 6 nitrogen and oxygen atoms in total. The summed E-state index contributed by atoms with van der Waals surface area (Å²) in [6.07, 6.45) is 0.886. The number of carbonyl (C=O) groups is 1. The first-order valence-corrected chi connectivity index (χ1v) is 12.2. The number of nitrogens with zero attached hydrogens (tertiary/aromatic N) is 1. The second-order valence-electron chi connectivity index (χ2n) is 8.63. The van der Waals surface area contributed by atoms with Crippen molar-refractivity contribution in [2.45, 2.75) is 6.18 Å². The molecule has 9 heteroatoms. The molecule has 3 aromatic rings. The normalized spacial score (nSPS) is 14.4. The smallest absolute Gasteiger partial charge is 0.416 e. The van der Waals surface area contributed by atoms with Crippen LogP contribution in [0.3, 0.4) is 0 Å². The number of rotatable bonds is 8. The zero-order valence-electron chi connectivity index (χ0n) is 21.5. The van der Waals surface area contributed by atoms with Crippen molar-refractivity contribution < 1.29 is 36.9 Å². The van der Waals surface area contributed by atoms with Crippen LogP contribution in [0.1, 0.15) is 16.7 Å². The van der Waals surface area contributed by atoms with Crippen LogP contribution in [-0.2, 0) is 15.7 Å². The number of ether oxygens (including phenoxy) is 4. The van der Waals surface area contributed by atoms with Gasteiger partial charge in [-0.15, -0.1) is 0 Å². The Morgan fingerprint density at radius 3 is 2.08 bits per heavy atom. The first-order valence-electron chi connectivity index (χ1n) is 12.2. The highest BCUT2D eigenvalue weighted by atomic mass is 19.4. The largest absolute Gasteiger partial charge is 0.493 e. The lowest BCUT2D eigenvalue weighted by molar-refractivity contribution is -0.137. The van der Waals surface area contributed by atoms with Gasteiger partial charge in [0.2, 0.25) is 5.91 Å². The third-order valence-corrected chi connectivity index (χ3v) is 6.07. The molecule has 1 fully saturated rings. The standard InChI is InChI=1S/C30H28F3NO5/c1-36-27-14-7-22(19-28(27)37-2)23(20-29(35)34-15-17-38-18-16-34)6-3-21-4-10-25(11-5-21)39-26-12-8-24(9-13-26)30(31,32)33/h3-14,19-20H,15-18H2,1-2H3/b6-3+,23-20-. The number of allylic oxidation sites excluding steroid dienone is 2. The Labute approximate surface area is 224 Å². The lowest BCUT2D eigenvalue weighted by Crippen LogP contribution is -2.39. The molecule has 0 N–H and O–H groups in total. The number of methoxy groups -OCH3 is 2. The highest BCUT2D eigenvalue weighted by Gasteiger charge is 2.30. The fraction of sp³-hybridized carbons (Fsp3) is 0.233. The molecule has 39 heavy (non-hydrogen) atoms. The monoisotopic (exact) mass is 539 g/mol. The summed E-state index contributed by atoms with van der Waals surface area (Å²) in [5.41, 5.74) is 1.55. The zero-order chi connectivity index (χ0) is 27.8. The minimum absolute atomic E-state index is 0.118. The van der Waals surface area contributed by atoms with Gasteiger partial charge in [0, 0.05) is 19.2 Å². The summed E-state index contributed by atoms with van der Waals surface area (Å²) in [6.45, 7) is 2.06. The molecule has 1 aliphatic rings. The van der Waals surface area contributed by atoms with Gasteiger partial charge in [-0.05, 0) is 65.2 Å². The minimum Gasteiger partial charge on any atom is -0.493 e. The van der Waals surface area contributed by atoms with E-state index in [2.05, 4.69) is 0 Å². The number of halogens is 3. The predicted octanol–water partition coefficient (Wildman–Crippen LogP) is 6.47. The van der Waals surface area contributed by atoms with Crippen molar-refractivity contribution >= 4 is 17.6 Å². The molecular weight excluding hydrogens is 511 g/mol. The molecule has 0 saturated carbocycles. The van der Waals surface area contributed by atoms with Gasteiger partial charge in [0.15, 0.2) is 11.5 Å². The van der Waals surface area contributed by atoms with E-state index < -0.39 is 11.7 Å². The van der Waals surface area contributed by atoms with Gasteiger partial charge in [0.1, 0.15) is 11.5 Å². The van der Waals surface area contributed by atoms with Crippen LogP contribution in [0, 0.1) is 0 Å². The molecule has 0 unspecified atom stereocenters. The summed E-state index contributed by atoms with van der Waals surface area (Å²) >= 11 is 0. The maximum absolute atomic E-state index is 13.0. The molecule has 1 aliphatic heterocycles. The van der Waals surface area contributed by atoms with Gasteiger partial charge < -0.3 is 23.8 Å². The number of carbonyl (C=O) groups excluding carboxylic acids is 1. The Bertz CT molecular complexity index is 1330. The maximum Gasteiger partial charge on any atom is 0.416 e. The van der Waals surface area contributed by atoms with E-state index in [1.807, 2.05) is 36.4 Å². The first kappa shape index (κ1) is 27.8. The number of morpholine rings is 1. The van der Waals surface area contributed by atoms with Gasteiger partial charge >= 0.3 is 6.18 Å². The fourth-order valence-electron chi connectivity index (χ4n) is 3.93. The highest BCUT2D eigenvalue weighted by Crippen LogP contribution is 2.33. The second kappa shape index (κ2) is 12.5. The summed E-state index contributed by atoms with van der Waals surface area (Å²) in [5.74, 6) is 1.77. The summed E-state index contributed by atoms with van der Waals surface area (Å²) < 4.78 is 60.1. The van der Waals surface area contributed by atoms with Crippen molar-refractivity contribution in [1.82, 2.24) is 4.90 Å². The molecule has 1 heterocycles. The summed E-state index contributed by atoms with van der Waals surface area (Å²) in [4.78, 5) is 14.7. The number of amides is 1. The van der Waals surface area contributed by atoms with Crippen LogP contribution in [0.4, 0.5) is 13.2 Å². The number of alkyl halides is 3. The number of hydrogen-bond acceptors (Lipinski definition) is 5. The van der Waals surface area contributed by atoms with Crippen molar-refractivity contribution in [3.8, 4) is 23.0 Å². The number of benzene rings is 3. The zero-order valence-corrected chi connectivity index (χ0v) is 21.5. The third-order valence-electron chi connectivity index (χ3n) is 6.07. The van der Waals surface area contributed by atoms with Gasteiger partial charge in [0.05, 0.1) is 33.0 Å². The molecule has 0 bridgehead atoms.